The third kappa shape index (κ3) is 3.88. The first kappa shape index (κ1) is 16.8. The molecule has 1 heterocycles. The Morgan fingerprint density at radius 2 is 1.76 bits per heavy atom. The van der Waals surface area contributed by atoms with Gasteiger partial charge in [-0.1, -0.05) is 18.2 Å². The molecule has 0 spiro atoms. The molecule has 0 saturated carbocycles. The molecule has 2 aromatic rings. The van der Waals surface area contributed by atoms with Crippen molar-refractivity contribution in [1.29, 1.82) is 0 Å². The van der Waals surface area contributed by atoms with Crippen molar-refractivity contribution in [3.8, 4) is 0 Å². The number of carbonyl (C=O) groups is 1. The smallest absolute Gasteiger partial charge is 0.292 e. The van der Waals surface area contributed by atoms with E-state index in [1.807, 2.05) is 35.2 Å². The topological polar surface area (TPSA) is 78.7 Å². The van der Waals surface area contributed by atoms with Gasteiger partial charge in [0.2, 0.25) is 5.91 Å². The lowest BCUT2D eigenvalue weighted by atomic mass is 10.2. The van der Waals surface area contributed by atoms with E-state index in [0.717, 1.165) is 11.4 Å². The van der Waals surface area contributed by atoms with Gasteiger partial charge in [0.1, 0.15) is 5.69 Å². The van der Waals surface area contributed by atoms with Gasteiger partial charge >= 0.3 is 0 Å². The molecule has 1 aliphatic heterocycles. The number of carbonyl (C=O) groups excluding carboxylic acids is 1. The maximum Gasteiger partial charge on any atom is 0.292 e. The number of para-hydroxylation sites is 1. The van der Waals surface area contributed by atoms with Gasteiger partial charge in [0.05, 0.1) is 4.92 Å². The van der Waals surface area contributed by atoms with E-state index in [-0.39, 0.29) is 16.5 Å². The number of hydrogen-bond acceptors (Lipinski definition) is 5. The van der Waals surface area contributed by atoms with Crippen LogP contribution in [0.5, 0.6) is 0 Å². The molecule has 25 heavy (non-hydrogen) atoms. The van der Waals surface area contributed by atoms with Crippen LogP contribution in [-0.2, 0) is 4.79 Å². The standard InChI is InChI=1S/C18H20N4O3/c1-14(23)20-9-11-21(12-10-20)16-7-8-18(22(24)25)17(13-16)19-15-5-3-2-4-6-15/h2-8,13,19H,9-12H2,1H3. The molecule has 0 aromatic heterocycles. The first-order chi connectivity index (χ1) is 12.0. The summed E-state index contributed by atoms with van der Waals surface area (Å²) in [7, 11) is 0. The average Bonchev–Trinajstić information content (AvgIpc) is 2.62. The molecular formula is C18H20N4O3. The molecule has 0 atom stereocenters. The van der Waals surface area contributed by atoms with Gasteiger partial charge < -0.3 is 15.1 Å². The van der Waals surface area contributed by atoms with Crippen molar-refractivity contribution in [2.45, 2.75) is 6.92 Å². The van der Waals surface area contributed by atoms with Crippen LogP contribution in [0.1, 0.15) is 6.92 Å². The number of anilines is 3. The molecule has 0 unspecified atom stereocenters. The lowest BCUT2D eigenvalue weighted by Gasteiger charge is -2.35. The predicted octanol–water partition coefficient (Wildman–Crippen LogP) is 3.01. The van der Waals surface area contributed by atoms with E-state index in [1.54, 1.807) is 19.1 Å². The molecule has 1 amide bonds. The molecule has 1 fully saturated rings. The van der Waals surface area contributed by atoms with Crippen molar-refractivity contribution < 1.29 is 9.72 Å². The van der Waals surface area contributed by atoms with Gasteiger partial charge in [-0.3, -0.25) is 14.9 Å². The highest BCUT2D eigenvalue weighted by Gasteiger charge is 2.21. The molecule has 3 rings (SSSR count). The maximum absolute atomic E-state index is 11.4. The van der Waals surface area contributed by atoms with Crippen molar-refractivity contribution in [3.05, 3.63) is 58.6 Å². The van der Waals surface area contributed by atoms with E-state index in [2.05, 4.69) is 10.2 Å². The van der Waals surface area contributed by atoms with Gasteiger partial charge in [0.15, 0.2) is 0 Å². The van der Waals surface area contributed by atoms with Crippen LogP contribution in [0.2, 0.25) is 0 Å². The van der Waals surface area contributed by atoms with Gasteiger partial charge in [0, 0.05) is 50.5 Å². The Labute approximate surface area is 146 Å². The zero-order chi connectivity index (χ0) is 17.8. The minimum absolute atomic E-state index is 0.0370. The monoisotopic (exact) mass is 340 g/mol. The number of amides is 1. The first-order valence-corrected chi connectivity index (χ1v) is 8.15. The number of hydrogen-bond donors (Lipinski definition) is 1. The van der Waals surface area contributed by atoms with Gasteiger partial charge in [0.25, 0.3) is 5.69 Å². The average molecular weight is 340 g/mol. The highest BCUT2D eigenvalue weighted by atomic mass is 16.6. The molecular weight excluding hydrogens is 320 g/mol. The van der Waals surface area contributed by atoms with Crippen molar-refractivity contribution >= 4 is 28.7 Å². The highest BCUT2D eigenvalue weighted by Crippen LogP contribution is 2.32. The zero-order valence-corrected chi connectivity index (χ0v) is 14.0. The van der Waals surface area contributed by atoms with Crippen LogP contribution < -0.4 is 10.2 Å². The summed E-state index contributed by atoms with van der Waals surface area (Å²) in [5.74, 6) is 0.0785. The summed E-state index contributed by atoms with van der Waals surface area (Å²) in [4.78, 5) is 26.3. The van der Waals surface area contributed by atoms with E-state index in [9.17, 15) is 14.9 Å². The van der Waals surface area contributed by atoms with Gasteiger partial charge in [-0.2, -0.15) is 0 Å². The highest BCUT2D eigenvalue weighted by molar-refractivity contribution is 5.75. The Kier molecular flexibility index (Phi) is 4.83. The molecule has 7 heteroatoms. The zero-order valence-electron chi connectivity index (χ0n) is 14.0. The largest absolute Gasteiger partial charge is 0.368 e. The summed E-state index contributed by atoms with van der Waals surface area (Å²) in [6.07, 6.45) is 0. The second kappa shape index (κ2) is 7.21. The van der Waals surface area contributed by atoms with Crippen molar-refractivity contribution in [1.82, 2.24) is 4.90 Å². The van der Waals surface area contributed by atoms with Crippen LogP contribution >= 0.6 is 0 Å². The van der Waals surface area contributed by atoms with Crippen LogP contribution in [0.25, 0.3) is 0 Å². The molecule has 1 aliphatic rings. The molecule has 1 saturated heterocycles. The van der Waals surface area contributed by atoms with E-state index in [4.69, 9.17) is 0 Å². The fourth-order valence-corrected chi connectivity index (χ4v) is 2.94. The normalized spacial score (nSPS) is 14.3. The van der Waals surface area contributed by atoms with Crippen LogP contribution in [0.4, 0.5) is 22.7 Å². The molecule has 0 radical (unpaired) electrons. The number of piperazine rings is 1. The Morgan fingerprint density at radius 1 is 1.08 bits per heavy atom. The fraction of sp³-hybridized carbons (Fsp3) is 0.278. The number of rotatable bonds is 4. The number of benzene rings is 2. The van der Waals surface area contributed by atoms with Crippen LogP contribution in [0, 0.1) is 10.1 Å². The predicted molar refractivity (Wildman–Crippen MR) is 97.3 cm³/mol. The van der Waals surface area contributed by atoms with Crippen molar-refractivity contribution in [3.63, 3.8) is 0 Å². The van der Waals surface area contributed by atoms with E-state index >= 15 is 0 Å². The molecule has 0 aliphatic carbocycles. The van der Waals surface area contributed by atoms with E-state index in [1.165, 1.54) is 6.07 Å². The molecule has 130 valence electrons. The second-order valence-corrected chi connectivity index (χ2v) is 5.94. The lowest BCUT2D eigenvalue weighted by molar-refractivity contribution is -0.383. The summed E-state index contributed by atoms with van der Waals surface area (Å²) in [5.41, 5.74) is 2.20. The minimum atomic E-state index is -0.386. The van der Waals surface area contributed by atoms with Gasteiger partial charge in [-0.05, 0) is 24.3 Å². The lowest BCUT2D eigenvalue weighted by Crippen LogP contribution is -2.48. The van der Waals surface area contributed by atoms with E-state index in [0.29, 0.717) is 31.9 Å². The Balaban J connectivity index is 1.83. The van der Waals surface area contributed by atoms with Crippen LogP contribution in [0.15, 0.2) is 48.5 Å². The molecule has 2 aromatic carbocycles. The first-order valence-electron chi connectivity index (χ1n) is 8.15. The summed E-state index contributed by atoms with van der Waals surface area (Å²) < 4.78 is 0. The maximum atomic E-state index is 11.4. The SMILES string of the molecule is CC(=O)N1CCN(c2ccc([N+](=O)[O-])c(Nc3ccccc3)c2)CC1. The van der Waals surface area contributed by atoms with Crippen molar-refractivity contribution in [2.75, 3.05) is 36.4 Å². The Morgan fingerprint density at radius 3 is 2.36 bits per heavy atom. The third-order valence-corrected chi connectivity index (χ3v) is 4.32. The summed E-state index contributed by atoms with van der Waals surface area (Å²) in [5, 5.41) is 14.5. The summed E-state index contributed by atoms with van der Waals surface area (Å²) in [6, 6.07) is 14.5. The van der Waals surface area contributed by atoms with E-state index < -0.39 is 0 Å². The summed E-state index contributed by atoms with van der Waals surface area (Å²) in [6.45, 7) is 4.31. The van der Waals surface area contributed by atoms with Gasteiger partial charge in [-0.15, -0.1) is 0 Å². The second-order valence-electron chi connectivity index (χ2n) is 5.94. The number of nitrogens with one attached hydrogen (secondary N) is 1. The Hall–Kier alpha value is -3.09. The minimum Gasteiger partial charge on any atom is -0.368 e. The van der Waals surface area contributed by atoms with Gasteiger partial charge in [-0.25, -0.2) is 0 Å². The molecule has 0 bridgehead atoms. The fourth-order valence-electron chi connectivity index (χ4n) is 2.94. The third-order valence-electron chi connectivity index (χ3n) is 4.32. The quantitative estimate of drug-likeness (QED) is 0.684. The number of nitro groups is 1. The Bertz CT molecular complexity index is 771. The van der Waals surface area contributed by atoms with Crippen LogP contribution in [-0.4, -0.2) is 41.9 Å². The molecule has 7 nitrogen and oxygen atoms in total. The number of nitrogens with zero attached hydrogens (tertiary/aromatic N) is 3. The van der Waals surface area contributed by atoms with Crippen LogP contribution in [0.3, 0.4) is 0 Å². The summed E-state index contributed by atoms with van der Waals surface area (Å²) >= 11 is 0. The van der Waals surface area contributed by atoms with Crippen molar-refractivity contribution in [2.24, 2.45) is 0 Å². The molecule has 1 N–H and O–H groups in total. The number of nitro benzene ring substituents is 1.